The van der Waals surface area contributed by atoms with Crippen LogP contribution in [0.3, 0.4) is 0 Å². The van der Waals surface area contributed by atoms with Crippen molar-refractivity contribution in [3.63, 3.8) is 0 Å². The molecule has 1 aliphatic heterocycles. The van der Waals surface area contributed by atoms with Crippen molar-refractivity contribution in [3.8, 4) is 0 Å². The van der Waals surface area contributed by atoms with Crippen molar-refractivity contribution in [3.05, 3.63) is 43.3 Å². The molecule has 0 spiro atoms. The molecule has 2 rings (SSSR count). The minimum atomic E-state index is 0. The summed E-state index contributed by atoms with van der Waals surface area (Å²) in [6.07, 6.45) is 0. The molecule has 10 heteroatoms. The van der Waals surface area contributed by atoms with E-state index in [-0.39, 0.29) is 111 Å². The third kappa shape index (κ3) is 35.6. The third-order valence-corrected chi connectivity index (χ3v) is 2.43. The van der Waals surface area contributed by atoms with E-state index in [2.05, 4.69) is 13.0 Å². The van der Waals surface area contributed by atoms with Crippen LogP contribution in [-0.4, -0.2) is 101 Å². The zero-order valence-electron chi connectivity index (χ0n) is 14.5. The number of benzene rings is 1. The maximum Gasteiger partial charge on any atom is 2.00 e. The van der Waals surface area contributed by atoms with Gasteiger partial charge in [-0.25, -0.2) is 0 Å². The van der Waals surface area contributed by atoms with E-state index in [0.29, 0.717) is 52.9 Å². The molecule has 1 saturated heterocycles. The van der Waals surface area contributed by atoms with Crippen molar-refractivity contribution in [2.45, 2.75) is 7.43 Å². The molecule has 0 amide bonds. The fourth-order valence-electron chi connectivity index (χ4n) is 1.45. The first-order valence-electron chi connectivity index (χ1n) is 6.94. The second kappa shape index (κ2) is 38.4. The molecule has 0 atom stereocenters. The van der Waals surface area contributed by atoms with Gasteiger partial charge in [0.15, 0.2) is 0 Å². The standard InChI is InChI=1S/C10H19O4.C6H5.CH4.4ClH.2Sn/c1-10-8-13-6-4-11-2-3-12-5-7-14-9-10;1-2-4-6-5-3-1;;;;;;;/h10H,1-9H2;1-5H;1H4;4*1H;;/q;;;;;;;2*+2/p-4. The molecule has 0 aromatic heterocycles. The van der Waals surface area contributed by atoms with Crippen LogP contribution < -0.4 is 49.6 Å². The molecule has 0 saturated carbocycles. The Kier molecular flexibility index (Phi) is 66.7. The van der Waals surface area contributed by atoms with Crippen molar-refractivity contribution < 1.29 is 68.6 Å². The molecule has 0 unspecified atom stereocenters. The molecule has 1 heterocycles. The molecule has 0 bridgehead atoms. The first kappa shape index (κ1) is 46.8. The Labute approximate surface area is 224 Å². The Morgan fingerprint density at radius 3 is 1.22 bits per heavy atom. The van der Waals surface area contributed by atoms with E-state index in [1.54, 1.807) is 0 Å². The smallest absolute Gasteiger partial charge is 1.00 e. The van der Waals surface area contributed by atoms with E-state index in [4.69, 9.17) is 18.9 Å². The van der Waals surface area contributed by atoms with Crippen molar-refractivity contribution in [2.24, 2.45) is 5.92 Å². The largest absolute Gasteiger partial charge is 2.00 e. The number of halogens is 4. The molecule has 0 aliphatic carbocycles. The van der Waals surface area contributed by atoms with Gasteiger partial charge in [-0.15, -0.1) is 0 Å². The summed E-state index contributed by atoms with van der Waals surface area (Å²) in [7, 11) is 0. The van der Waals surface area contributed by atoms with Crippen LogP contribution in [0.1, 0.15) is 7.43 Å². The number of hydrogen-bond acceptors (Lipinski definition) is 4. The summed E-state index contributed by atoms with van der Waals surface area (Å²) < 4.78 is 21.2. The van der Waals surface area contributed by atoms with Gasteiger partial charge >= 0.3 is 47.8 Å². The summed E-state index contributed by atoms with van der Waals surface area (Å²) in [4.78, 5) is 0. The Balaban J connectivity index is -0.0000000545. The van der Waals surface area contributed by atoms with Gasteiger partial charge in [0, 0.05) is 5.92 Å². The monoisotopic (exact) mass is 676 g/mol. The van der Waals surface area contributed by atoms with Crippen LogP contribution in [0.5, 0.6) is 0 Å². The van der Waals surface area contributed by atoms with E-state index >= 15 is 0 Å². The van der Waals surface area contributed by atoms with Gasteiger partial charge in [-0.3, -0.25) is 0 Å². The molecule has 1 fully saturated rings. The van der Waals surface area contributed by atoms with Crippen LogP contribution in [0.4, 0.5) is 0 Å². The molecule has 4 nitrogen and oxygen atoms in total. The van der Waals surface area contributed by atoms with Gasteiger partial charge in [-0.2, -0.15) is 0 Å². The third-order valence-electron chi connectivity index (χ3n) is 2.43. The van der Waals surface area contributed by atoms with Gasteiger partial charge in [0.2, 0.25) is 0 Å². The average Bonchev–Trinajstić information content (AvgIpc) is 2.52. The fourth-order valence-corrected chi connectivity index (χ4v) is 1.45. The SMILES string of the molecule is C.[CH2]C1COCCOCCOCCOC1.[Cl-].[Cl-].[Cl-].[Cl-].[Sn+2].[Sn+2].[c]1ccccc1. The number of hydrogen-bond donors (Lipinski definition) is 0. The summed E-state index contributed by atoms with van der Waals surface area (Å²) >= 11 is 0. The zero-order valence-corrected chi connectivity index (χ0v) is 23.2. The maximum absolute atomic E-state index is 5.35. The van der Waals surface area contributed by atoms with Gasteiger partial charge in [-0.05, 0) is 13.0 Å². The van der Waals surface area contributed by atoms with E-state index < -0.39 is 0 Å². The molecule has 6 radical (unpaired) electrons. The fraction of sp³-hybridized carbons (Fsp3) is 0.588. The summed E-state index contributed by atoms with van der Waals surface area (Å²) in [5.41, 5.74) is 0. The molecule has 27 heavy (non-hydrogen) atoms. The second-order valence-electron chi connectivity index (χ2n) is 4.32. The predicted octanol–water partition coefficient (Wildman–Crippen LogP) is -10.1. The van der Waals surface area contributed by atoms with Crippen LogP contribution in [0.25, 0.3) is 0 Å². The van der Waals surface area contributed by atoms with E-state index in [9.17, 15) is 0 Å². The van der Waals surface area contributed by atoms with Gasteiger partial charge < -0.3 is 68.6 Å². The van der Waals surface area contributed by atoms with Crippen LogP contribution in [-0.2, 0) is 18.9 Å². The van der Waals surface area contributed by atoms with Crippen LogP contribution in [0.15, 0.2) is 30.3 Å². The molecule has 1 aromatic carbocycles. The summed E-state index contributed by atoms with van der Waals surface area (Å²) in [6, 6.07) is 12.5. The first-order valence-corrected chi connectivity index (χ1v) is 6.94. The molecule has 1 aromatic rings. The van der Waals surface area contributed by atoms with Crippen molar-refractivity contribution in [1.29, 1.82) is 0 Å². The van der Waals surface area contributed by atoms with Crippen molar-refractivity contribution in [2.75, 3.05) is 52.9 Å². The number of ether oxygens (including phenoxy) is 4. The normalized spacial score (nSPS) is 14.6. The Morgan fingerprint density at radius 1 is 0.630 bits per heavy atom. The maximum atomic E-state index is 5.35. The minimum absolute atomic E-state index is 0. The van der Waals surface area contributed by atoms with Crippen LogP contribution >= 0.6 is 0 Å². The Bertz CT molecular complexity index is 278. The predicted molar refractivity (Wildman–Crippen MR) is 95.6 cm³/mol. The molecule has 0 N–H and O–H groups in total. The summed E-state index contributed by atoms with van der Waals surface area (Å²) in [5, 5.41) is 0. The minimum Gasteiger partial charge on any atom is -1.00 e. The molecule has 156 valence electrons. The van der Waals surface area contributed by atoms with E-state index in [1.807, 2.05) is 30.3 Å². The zero-order chi connectivity index (χ0) is 14.3. The Hall–Kier alpha value is 1.82. The van der Waals surface area contributed by atoms with E-state index in [1.165, 1.54) is 0 Å². The van der Waals surface area contributed by atoms with Gasteiger partial charge in [-0.1, -0.05) is 37.8 Å². The van der Waals surface area contributed by atoms with E-state index in [0.717, 1.165) is 0 Å². The van der Waals surface area contributed by atoms with Gasteiger partial charge in [0.25, 0.3) is 0 Å². The first-order chi connectivity index (χ1) is 9.89. The van der Waals surface area contributed by atoms with Crippen LogP contribution in [0.2, 0.25) is 0 Å². The molecular formula is C17H28Cl4O4Sn2. The summed E-state index contributed by atoms with van der Waals surface area (Å²) in [5.74, 6) is 0.191. The van der Waals surface area contributed by atoms with Crippen LogP contribution in [0, 0.1) is 18.9 Å². The van der Waals surface area contributed by atoms with Crippen molar-refractivity contribution >= 4 is 47.8 Å². The average molecular weight is 676 g/mol. The number of rotatable bonds is 0. The Morgan fingerprint density at radius 2 is 0.963 bits per heavy atom. The topological polar surface area (TPSA) is 36.9 Å². The molecule has 1 aliphatic rings. The quantitative estimate of drug-likeness (QED) is 0.257. The summed E-state index contributed by atoms with van der Waals surface area (Å²) in [6.45, 7) is 8.90. The molecular weight excluding hydrogens is 647 g/mol. The second-order valence-corrected chi connectivity index (χ2v) is 4.32. The van der Waals surface area contributed by atoms with Crippen molar-refractivity contribution in [1.82, 2.24) is 0 Å². The van der Waals surface area contributed by atoms with Gasteiger partial charge in [0.05, 0.1) is 52.9 Å². The van der Waals surface area contributed by atoms with Gasteiger partial charge in [0.1, 0.15) is 0 Å².